The van der Waals surface area contributed by atoms with E-state index in [0.29, 0.717) is 12.2 Å². The lowest BCUT2D eigenvalue weighted by Gasteiger charge is -2.49. The number of nitrogens with one attached hydrogen (secondary N) is 1. The van der Waals surface area contributed by atoms with E-state index in [2.05, 4.69) is 46.3 Å². The van der Waals surface area contributed by atoms with E-state index < -0.39 is 12.1 Å². The van der Waals surface area contributed by atoms with Crippen LogP contribution in [0.5, 0.6) is 5.75 Å². The molecule has 4 aromatic rings. The van der Waals surface area contributed by atoms with E-state index in [0.717, 1.165) is 60.2 Å². The number of ether oxygens (including phenoxy) is 1. The van der Waals surface area contributed by atoms with Crippen LogP contribution < -0.4 is 4.74 Å². The van der Waals surface area contributed by atoms with Gasteiger partial charge in [-0.05, 0) is 36.1 Å². The van der Waals surface area contributed by atoms with Crippen LogP contribution in [0, 0.1) is 0 Å². The van der Waals surface area contributed by atoms with Gasteiger partial charge in [-0.3, -0.25) is 14.5 Å². The quantitative estimate of drug-likeness (QED) is 0.409. The molecule has 0 saturated carbocycles. The van der Waals surface area contributed by atoms with Gasteiger partial charge in [0.25, 0.3) is 0 Å². The number of benzene rings is 3. The molecule has 0 spiro atoms. The number of rotatable bonds is 5. The molecule has 1 unspecified atom stereocenters. The minimum atomic E-state index is -0.537. The molecule has 7 nitrogen and oxygen atoms in total. The Bertz CT molecular complexity index is 1560. The van der Waals surface area contributed by atoms with Gasteiger partial charge in [0.2, 0.25) is 11.8 Å². The van der Waals surface area contributed by atoms with Crippen molar-refractivity contribution in [1.29, 1.82) is 0 Å². The zero-order chi connectivity index (χ0) is 27.2. The zero-order valence-electron chi connectivity index (χ0n) is 22.8. The predicted molar refractivity (Wildman–Crippen MR) is 154 cm³/mol. The summed E-state index contributed by atoms with van der Waals surface area (Å²) in [5, 5.41) is 1.11. The summed E-state index contributed by atoms with van der Waals surface area (Å²) in [6, 6.07) is 25.7. The van der Waals surface area contributed by atoms with Crippen LogP contribution in [-0.2, 0) is 22.6 Å². The highest BCUT2D eigenvalue weighted by Gasteiger charge is 2.50. The minimum Gasteiger partial charge on any atom is -0.496 e. The van der Waals surface area contributed by atoms with Crippen molar-refractivity contribution in [3.8, 4) is 5.75 Å². The van der Waals surface area contributed by atoms with Gasteiger partial charge in [0, 0.05) is 54.3 Å². The maximum absolute atomic E-state index is 14.3. The van der Waals surface area contributed by atoms with Crippen LogP contribution in [0.25, 0.3) is 10.9 Å². The van der Waals surface area contributed by atoms with Crippen molar-refractivity contribution in [1.82, 2.24) is 19.7 Å². The number of nitrogens with zero attached hydrogens (tertiary/aromatic N) is 3. The molecular formula is C33H34N4O3. The smallest absolute Gasteiger partial charge is 0.246 e. The highest BCUT2D eigenvalue weighted by atomic mass is 16.5. The summed E-state index contributed by atoms with van der Waals surface area (Å²) in [5.41, 5.74) is 5.32. The first-order valence-corrected chi connectivity index (χ1v) is 14.2. The molecule has 2 amide bonds. The second-order valence-corrected chi connectivity index (χ2v) is 11.2. The molecule has 3 aliphatic rings. The van der Waals surface area contributed by atoms with Gasteiger partial charge in [-0.25, -0.2) is 0 Å². The number of aromatic nitrogens is 1. The maximum Gasteiger partial charge on any atom is 0.246 e. The number of fused-ring (bicyclic) bond motifs is 4. The Hall–Kier alpha value is -4.10. The molecule has 7 rings (SSSR count). The van der Waals surface area contributed by atoms with Crippen molar-refractivity contribution in [2.45, 2.75) is 43.9 Å². The van der Waals surface area contributed by atoms with Crippen molar-refractivity contribution < 1.29 is 14.3 Å². The van der Waals surface area contributed by atoms with Gasteiger partial charge >= 0.3 is 0 Å². The molecule has 40 heavy (non-hydrogen) atoms. The van der Waals surface area contributed by atoms with Crippen LogP contribution in [0.1, 0.15) is 41.3 Å². The Kier molecular flexibility index (Phi) is 6.31. The fourth-order valence-electron chi connectivity index (χ4n) is 7.04. The molecule has 2 atom stereocenters. The molecule has 0 bridgehead atoms. The molecule has 1 N–H and O–H groups in total. The van der Waals surface area contributed by atoms with Crippen LogP contribution >= 0.6 is 0 Å². The number of piperidine rings is 1. The number of H-pyrrole nitrogens is 1. The molecule has 0 aliphatic carbocycles. The van der Waals surface area contributed by atoms with Crippen LogP contribution in [0.15, 0.2) is 78.9 Å². The number of carbonyl (C=O) groups excluding carboxylic acids is 2. The highest BCUT2D eigenvalue weighted by molar-refractivity contribution is 5.98. The van der Waals surface area contributed by atoms with E-state index in [1.54, 1.807) is 7.11 Å². The molecule has 204 valence electrons. The van der Waals surface area contributed by atoms with E-state index in [-0.39, 0.29) is 24.4 Å². The Morgan fingerprint density at radius 1 is 0.900 bits per heavy atom. The summed E-state index contributed by atoms with van der Waals surface area (Å²) in [4.78, 5) is 38.0. The second-order valence-electron chi connectivity index (χ2n) is 11.2. The number of aromatic amines is 1. The minimum absolute atomic E-state index is 0.00322. The van der Waals surface area contributed by atoms with E-state index >= 15 is 0 Å². The number of hydrogen-bond acceptors (Lipinski definition) is 4. The monoisotopic (exact) mass is 534 g/mol. The van der Waals surface area contributed by atoms with Gasteiger partial charge < -0.3 is 19.5 Å². The Morgan fingerprint density at radius 3 is 2.42 bits per heavy atom. The fraction of sp³-hybridized carbons (Fsp3) is 0.333. The van der Waals surface area contributed by atoms with Gasteiger partial charge in [-0.2, -0.15) is 0 Å². The van der Waals surface area contributed by atoms with E-state index in [1.165, 1.54) is 5.56 Å². The molecule has 2 saturated heterocycles. The maximum atomic E-state index is 14.3. The van der Waals surface area contributed by atoms with E-state index in [4.69, 9.17) is 4.74 Å². The number of piperazine rings is 1. The number of hydrogen-bond donors (Lipinski definition) is 1. The molecule has 3 aromatic carbocycles. The Balaban J connectivity index is 1.20. The van der Waals surface area contributed by atoms with Gasteiger partial charge in [-0.15, -0.1) is 0 Å². The summed E-state index contributed by atoms with van der Waals surface area (Å²) in [5.74, 6) is 0.777. The molecule has 3 aliphatic heterocycles. The standard InChI is InChI=1S/C33H34N4O3/c1-40-29-14-8-6-12-25(29)32-31-26(24-11-5-7-13-27(24)34-31)19-28-33(39)36(21-30(38)37(28)32)23-15-17-35(18-16-23)20-22-9-3-2-4-10-22/h2-14,23,28,32,34H,15-21H2,1H3/t28-,32?/m0/s1. The number of likely N-dealkylation sites (tertiary alicyclic amines) is 1. The summed E-state index contributed by atoms with van der Waals surface area (Å²) in [6.07, 6.45) is 2.28. The summed E-state index contributed by atoms with van der Waals surface area (Å²) in [7, 11) is 1.65. The van der Waals surface area contributed by atoms with Gasteiger partial charge in [0.15, 0.2) is 0 Å². The topological polar surface area (TPSA) is 68.9 Å². The molecule has 1 aromatic heterocycles. The van der Waals surface area contributed by atoms with E-state index in [1.807, 2.05) is 52.3 Å². The molecule has 0 radical (unpaired) electrons. The van der Waals surface area contributed by atoms with Gasteiger partial charge in [0.05, 0.1) is 7.11 Å². The van der Waals surface area contributed by atoms with Gasteiger partial charge in [-0.1, -0.05) is 66.7 Å². The van der Waals surface area contributed by atoms with Gasteiger partial charge in [0.1, 0.15) is 24.4 Å². The van der Waals surface area contributed by atoms with Crippen molar-refractivity contribution in [2.24, 2.45) is 0 Å². The summed E-state index contributed by atoms with van der Waals surface area (Å²) >= 11 is 0. The SMILES string of the molecule is COc1ccccc1C1c2[nH]c3ccccc3c2C[C@H]2C(=O)N(C3CCN(Cc4ccccc4)CC3)CC(=O)N12. The first-order chi connectivity index (χ1) is 19.6. The zero-order valence-corrected chi connectivity index (χ0v) is 22.8. The first-order valence-electron chi connectivity index (χ1n) is 14.2. The third-order valence-electron chi connectivity index (χ3n) is 8.97. The first kappa shape index (κ1) is 24.9. The average Bonchev–Trinajstić information content (AvgIpc) is 3.37. The predicted octanol–water partition coefficient (Wildman–Crippen LogP) is 4.53. The number of carbonyl (C=O) groups is 2. The Labute approximate surface area is 234 Å². The number of para-hydroxylation sites is 2. The summed E-state index contributed by atoms with van der Waals surface area (Å²) in [6.45, 7) is 2.88. The number of methoxy groups -OCH3 is 1. The van der Waals surface area contributed by atoms with Crippen LogP contribution in [0.4, 0.5) is 0 Å². The normalized spacial score (nSPS) is 21.9. The van der Waals surface area contributed by atoms with Crippen molar-refractivity contribution in [3.05, 3.63) is 101 Å². The fourth-order valence-corrected chi connectivity index (χ4v) is 7.04. The molecular weight excluding hydrogens is 500 g/mol. The van der Waals surface area contributed by atoms with Crippen LogP contribution in [0.3, 0.4) is 0 Å². The number of amides is 2. The van der Waals surface area contributed by atoms with Crippen molar-refractivity contribution >= 4 is 22.7 Å². The summed E-state index contributed by atoms with van der Waals surface area (Å²) < 4.78 is 5.75. The average molecular weight is 535 g/mol. The lowest BCUT2D eigenvalue weighted by atomic mass is 9.85. The third-order valence-corrected chi connectivity index (χ3v) is 8.97. The molecule has 4 heterocycles. The van der Waals surface area contributed by atoms with Crippen LogP contribution in [-0.4, -0.2) is 70.3 Å². The lowest BCUT2D eigenvalue weighted by molar-refractivity contribution is -0.161. The highest BCUT2D eigenvalue weighted by Crippen LogP contribution is 2.45. The lowest BCUT2D eigenvalue weighted by Crippen LogP contribution is -2.65. The Morgan fingerprint density at radius 2 is 1.62 bits per heavy atom. The third kappa shape index (κ3) is 4.16. The molecule has 2 fully saturated rings. The van der Waals surface area contributed by atoms with Crippen molar-refractivity contribution in [2.75, 3.05) is 26.7 Å². The largest absolute Gasteiger partial charge is 0.496 e. The van der Waals surface area contributed by atoms with Crippen molar-refractivity contribution in [3.63, 3.8) is 0 Å². The van der Waals surface area contributed by atoms with Crippen LogP contribution in [0.2, 0.25) is 0 Å². The second kappa shape index (κ2) is 10.1. The molecule has 7 heteroatoms. The van der Waals surface area contributed by atoms with E-state index in [9.17, 15) is 9.59 Å².